The van der Waals surface area contributed by atoms with E-state index in [0.29, 0.717) is 0 Å². The van der Waals surface area contributed by atoms with E-state index in [0.717, 1.165) is 22.3 Å². The molecule has 0 saturated heterocycles. The fraction of sp³-hybridized carbons (Fsp3) is 0.333. The van der Waals surface area contributed by atoms with Crippen LogP contribution >= 0.6 is 15.9 Å². The van der Waals surface area contributed by atoms with Gasteiger partial charge in [0.1, 0.15) is 5.75 Å². The minimum atomic E-state index is 0.127. The van der Waals surface area contributed by atoms with Crippen molar-refractivity contribution < 1.29 is 4.74 Å². The number of methoxy groups -OCH3 is 1. The summed E-state index contributed by atoms with van der Waals surface area (Å²) in [5.74, 6) is 0.905. The Morgan fingerprint density at radius 2 is 1.86 bits per heavy atom. The zero-order valence-corrected chi connectivity index (χ0v) is 14.6. The molecule has 0 aliphatic rings. The van der Waals surface area contributed by atoms with Crippen molar-refractivity contribution in [2.24, 2.45) is 0 Å². The molecule has 2 aromatic rings. The highest BCUT2D eigenvalue weighted by molar-refractivity contribution is 9.10. The minimum absolute atomic E-state index is 0.127. The molecule has 3 heteroatoms. The van der Waals surface area contributed by atoms with Crippen LogP contribution in [0.3, 0.4) is 0 Å². The molecule has 21 heavy (non-hydrogen) atoms. The standard InChI is InChI=1S/C18H22BrNO/c1-5-20-18(14-7-6-12(2)13(3)10-14)16-11-15(19)8-9-17(16)21-4/h6-11,18,20H,5H2,1-4H3. The van der Waals surface area contributed by atoms with Gasteiger partial charge >= 0.3 is 0 Å². The van der Waals surface area contributed by atoms with Crippen LogP contribution in [0, 0.1) is 13.8 Å². The van der Waals surface area contributed by atoms with Crippen LogP contribution in [0.5, 0.6) is 5.75 Å². The number of nitrogens with one attached hydrogen (secondary N) is 1. The molecular formula is C18H22BrNO. The SMILES string of the molecule is CCNC(c1ccc(C)c(C)c1)c1cc(Br)ccc1OC. The second kappa shape index (κ2) is 7.10. The summed E-state index contributed by atoms with van der Waals surface area (Å²) in [5.41, 5.74) is 5.04. The lowest BCUT2D eigenvalue weighted by atomic mass is 9.95. The molecule has 112 valence electrons. The van der Waals surface area contributed by atoms with E-state index in [9.17, 15) is 0 Å². The van der Waals surface area contributed by atoms with Crippen LogP contribution in [0.1, 0.15) is 35.2 Å². The zero-order valence-electron chi connectivity index (χ0n) is 13.0. The lowest BCUT2D eigenvalue weighted by Crippen LogP contribution is -2.22. The van der Waals surface area contributed by atoms with Gasteiger partial charge in [-0.3, -0.25) is 0 Å². The van der Waals surface area contributed by atoms with Crippen LogP contribution in [0.2, 0.25) is 0 Å². The Morgan fingerprint density at radius 1 is 1.10 bits per heavy atom. The molecular weight excluding hydrogens is 326 g/mol. The van der Waals surface area contributed by atoms with Gasteiger partial charge in [-0.1, -0.05) is 41.1 Å². The Kier molecular flexibility index (Phi) is 5.43. The van der Waals surface area contributed by atoms with Crippen LogP contribution in [0.4, 0.5) is 0 Å². The smallest absolute Gasteiger partial charge is 0.124 e. The van der Waals surface area contributed by atoms with Crippen molar-refractivity contribution in [3.63, 3.8) is 0 Å². The van der Waals surface area contributed by atoms with Crippen molar-refractivity contribution in [2.45, 2.75) is 26.8 Å². The molecule has 0 aromatic heterocycles. The molecule has 0 aliphatic heterocycles. The van der Waals surface area contributed by atoms with Crippen molar-refractivity contribution in [3.8, 4) is 5.75 Å². The average Bonchev–Trinajstić information content (AvgIpc) is 2.48. The highest BCUT2D eigenvalue weighted by Crippen LogP contribution is 2.33. The first-order valence-corrected chi connectivity index (χ1v) is 8.00. The van der Waals surface area contributed by atoms with Gasteiger partial charge < -0.3 is 10.1 Å². The average molecular weight is 348 g/mol. The predicted molar refractivity (Wildman–Crippen MR) is 92.1 cm³/mol. The van der Waals surface area contributed by atoms with Gasteiger partial charge in [-0.15, -0.1) is 0 Å². The van der Waals surface area contributed by atoms with Crippen molar-refractivity contribution in [2.75, 3.05) is 13.7 Å². The maximum Gasteiger partial charge on any atom is 0.124 e. The first kappa shape index (κ1) is 16.1. The molecule has 1 unspecified atom stereocenters. The van der Waals surface area contributed by atoms with Gasteiger partial charge in [0, 0.05) is 10.0 Å². The second-order valence-electron chi connectivity index (χ2n) is 5.22. The van der Waals surface area contributed by atoms with E-state index in [1.807, 2.05) is 12.1 Å². The highest BCUT2D eigenvalue weighted by atomic mass is 79.9. The zero-order chi connectivity index (χ0) is 15.4. The first-order chi connectivity index (χ1) is 10.1. The van der Waals surface area contributed by atoms with E-state index in [2.05, 4.69) is 66.3 Å². The summed E-state index contributed by atoms with van der Waals surface area (Å²) in [4.78, 5) is 0. The fourth-order valence-corrected chi connectivity index (χ4v) is 2.87. The van der Waals surface area contributed by atoms with E-state index >= 15 is 0 Å². The molecule has 0 heterocycles. The summed E-state index contributed by atoms with van der Waals surface area (Å²) in [6.45, 7) is 7.31. The lowest BCUT2D eigenvalue weighted by Gasteiger charge is -2.22. The molecule has 0 bridgehead atoms. The van der Waals surface area contributed by atoms with Gasteiger partial charge in [0.05, 0.1) is 13.2 Å². The summed E-state index contributed by atoms with van der Waals surface area (Å²) in [7, 11) is 1.72. The van der Waals surface area contributed by atoms with Crippen molar-refractivity contribution in [1.82, 2.24) is 5.32 Å². The lowest BCUT2D eigenvalue weighted by molar-refractivity contribution is 0.404. The number of hydrogen-bond acceptors (Lipinski definition) is 2. The Hall–Kier alpha value is -1.32. The first-order valence-electron chi connectivity index (χ1n) is 7.20. The fourth-order valence-electron chi connectivity index (χ4n) is 2.49. The number of hydrogen-bond donors (Lipinski definition) is 1. The summed E-state index contributed by atoms with van der Waals surface area (Å²) < 4.78 is 6.60. The highest BCUT2D eigenvalue weighted by Gasteiger charge is 2.18. The number of halogens is 1. The molecule has 0 radical (unpaired) electrons. The molecule has 2 nitrogen and oxygen atoms in total. The van der Waals surface area contributed by atoms with Crippen LogP contribution in [-0.4, -0.2) is 13.7 Å². The van der Waals surface area contributed by atoms with Gasteiger partial charge in [0.15, 0.2) is 0 Å². The monoisotopic (exact) mass is 347 g/mol. The van der Waals surface area contributed by atoms with Crippen LogP contribution < -0.4 is 10.1 Å². The van der Waals surface area contributed by atoms with Gasteiger partial charge in [-0.2, -0.15) is 0 Å². The maximum atomic E-state index is 5.54. The summed E-state index contributed by atoms with van der Waals surface area (Å²) in [6, 6.07) is 12.9. The molecule has 0 aliphatic carbocycles. The number of benzene rings is 2. The van der Waals surface area contributed by atoms with E-state index < -0.39 is 0 Å². The van der Waals surface area contributed by atoms with Crippen molar-refractivity contribution >= 4 is 15.9 Å². The van der Waals surface area contributed by atoms with Gasteiger partial charge in [-0.05, 0) is 55.3 Å². The van der Waals surface area contributed by atoms with Crippen molar-refractivity contribution in [1.29, 1.82) is 0 Å². The third-order valence-corrected chi connectivity index (χ3v) is 4.27. The molecule has 2 rings (SSSR count). The number of ether oxygens (including phenoxy) is 1. The molecule has 1 atom stereocenters. The minimum Gasteiger partial charge on any atom is -0.496 e. The van der Waals surface area contributed by atoms with Crippen LogP contribution in [0.25, 0.3) is 0 Å². The molecule has 0 fully saturated rings. The van der Waals surface area contributed by atoms with E-state index in [4.69, 9.17) is 4.74 Å². The normalized spacial score (nSPS) is 12.2. The van der Waals surface area contributed by atoms with E-state index in [-0.39, 0.29) is 6.04 Å². The quantitative estimate of drug-likeness (QED) is 0.840. The molecule has 0 saturated carbocycles. The van der Waals surface area contributed by atoms with Gasteiger partial charge in [0.25, 0.3) is 0 Å². The van der Waals surface area contributed by atoms with Crippen molar-refractivity contribution in [3.05, 3.63) is 63.1 Å². The topological polar surface area (TPSA) is 21.3 Å². The largest absolute Gasteiger partial charge is 0.496 e. The molecule has 1 N–H and O–H groups in total. The Balaban J connectivity index is 2.52. The molecule has 0 spiro atoms. The Bertz CT molecular complexity index is 625. The Morgan fingerprint density at radius 3 is 2.48 bits per heavy atom. The third kappa shape index (κ3) is 3.66. The summed E-state index contributed by atoms with van der Waals surface area (Å²) >= 11 is 3.56. The van der Waals surface area contributed by atoms with Gasteiger partial charge in [0.2, 0.25) is 0 Å². The number of aryl methyl sites for hydroxylation is 2. The summed E-state index contributed by atoms with van der Waals surface area (Å²) in [6.07, 6.45) is 0. The maximum absolute atomic E-state index is 5.54. The summed E-state index contributed by atoms with van der Waals surface area (Å²) in [5, 5.41) is 3.56. The second-order valence-corrected chi connectivity index (χ2v) is 6.14. The molecule has 2 aromatic carbocycles. The van der Waals surface area contributed by atoms with E-state index in [1.54, 1.807) is 7.11 Å². The number of rotatable bonds is 5. The van der Waals surface area contributed by atoms with E-state index in [1.165, 1.54) is 16.7 Å². The van der Waals surface area contributed by atoms with Crippen LogP contribution in [0.15, 0.2) is 40.9 Å². The molecule has 0 amide bonds. The van der Waals surface area contributed by atoms with Crippen LogP contribution in [-0.2, 0) is 0 Å². The Labute approximate surface area is 135 Å². The third-order valence-electron chi connectivity index (χ3n) is 3.78. The predicted octanol–water partition coefficient (Wildman–Crippen LogP) is 4.77. The van der Waals surface area contributed by atoms with Gasteiger partial charge in [-0.25, -0.2) is 0 Å².